The fourth-order valence-corrected chi connectivity index (χ4v) is 2.65. The average molecular weight is 309 g/mol. The van der Waals surface area contributed by atoms with Crippen molar-refractivity contribution in [3.05, 3.63) is 34.9 Å². The zero-order valence-electron chi connectivity index (χ0n) is 12.6. The van der Waals surface area contributed by atoms with Gasteiger partial charge in [0, 0.05) is 11.6 Å². The Morgan fingerprint density at radius 2 is 1.86 bits per heavy atom. The third-order valence-electron chi connectivity index (χ3n) is 3.72. The molecule has 21 heavy (non-hydrogen) atoms. The van der Waals surface area contributed by atoms with Gasteiger partial charge in [-0.3, -0.25) is 9.59 Å². The first-order chi connectivity index (χ1) is 9.88. The van der Waals surface area contributed by atoms with Crippen LogP contribution in [-0.4, -0.2) is 28.8 Å². The van der Waals surface area contributed by atoms with Gasteiger partial charge in [0.1, 0.15) is 12.1 Å². The largest absolute Gasteiger partial charge is 0.343 e. The molecule has 0 aliphatic carbocycles. The monoisotopic (exact) mass is 308 g/mol. The molecule has 0 aromatic heterocycles. The molecule has 5 heteroatoms. The van der Waals surface area contributed by atoms with Crippen LogP contribution in [-0.2, 0) is 16.1 Å². The van der Waals surface area contributed by atoms with Gasteiger partial charge in [0.15, 0.2) is 0 Å². The number of rotatable bonds is 4. The third-order valence-corrected chi connectivity index (χ3v) is 3.97. The standard InChI is InChI=1S/C16H21ClN2O2/c1-10(2)8-14-16(21)19(11(3)15(20)18-14)9-12-4-6-13(17)7-5-12/h4-7,10-11,14H,8-9H2,1-3H3,(H,18,20). The summed E-state index contributed by atoms with van der Waals surface area (Å²) < 4.78 is 0. The zero-order chi connectivity index (χ0) is 15.6. The highest BCUT2D eigenvalue weighted by molar-refractivity contribution is 6.30. The van der Waals surface area contributed by atoms with E-state index in [-0.39, 0.29) is 11.8 Å². The van der Waals surface area contributed by atoms with Crippen LogP contribution in [0.5, 0.6) is 0 Å². The minimum atomic E-state index is -0.448. The van der Waals surface area contributed by atoms with Gasteiger partial charge in [-0.05, 0) is 37.0 Å². The molecule has 1 aromatic rings. The summed E-state index contributed by atoms with van der Waals surface area (Å²) >= 11 is 5.87. The molecule has 1 saturated heterocycles. The van der Waals surface area contributed by atoms with Crippen LogP contribution in [0.15, 0.2) is 24.3 Å². The number of amides is 2. The van der Waals surface area contributed by atoms with E-state index in [1.54, 1.807) is 24.0 Å². The second kappa shape index (κ2) is 6.48. The first-order valence-corrected chi connectivity index (χ1v) is 7.61. The lowest BCUT2D eigenvalue weighted by Crippen LogP contribution is -2.62. The van der Waals surface area contributed by atoms with Gasteiger partial charge in [-0.1, -0.05) is 37.6 Å². The summed E-state index contributed by atoms with van der Waals surface area (Å²) in [6, 6.07) is 6.49. The molecule has 0 spiro atoms. The minimum Gasteiger partial charge on any atom is -0.343 e. The van der Waals surface area contributed by atoms with Crippen LogP contribution in [0.3, 0.4) is 0 Å². The quantitative estimate of drug-likeness (QED) is 0.929. The maximum Gasteiger partial charge on any atom is 0.246 e. The summed E-state index contributed by atoms with van der Waals surface area (Å²) in [5, 5.41) is 3.48. The minimum absolute atomic E-state index is 0.00856. The molecule has 0 bridgehead atoms. The summed E-state index contributed by atoms with van der Waals surface area (Å²) in [7, 11) is 0. The number of carbonyl (C=O) groups is 2. The molecule has 2 amide bonds. The molecule has 1 heterocycles. The number of halogens is 1. The smallest absolute Gasteiger partial charge is 0.246 e. The van der Waals surface area contributed by atoms with E-state index in [1.807, 2.05) is 26.0 Å². The van der Waals surface area contributed by atoms with Crippen molar-refractivity contribution in [2.24, 2.45) is 5.92 Å². The van der Waals surface area contributed by atoms with Crippen LogP contribution < -0.4 is 5.32 Å². The Morgan fingerprint density at radius 1 is 1.24 bits per heavy atom. The van der Waals surface area contributed by atoms with Crippen LogP contribution >= 0.6 is 11.6 Å². The Balaban J connectivity index is 2.16. The van der Waals surface area contributed by atoms with Crippen LogP contribution in [0, 0.1) is 5.92 Å². The second-order valence-electron chi connectivity index (χ2n) is 5.96. The number of hydrogen-bond donors (Lipinski definition) is 1. The van der Waals surface area contributed by atoms with Gasteiger partial charge < -0.3 is 10.2 Å². The molecule has 2 rings (SSSR count). The maximum absolute atomic E-state index is 12.6. The number of nitrogens with one attached hydrogen (secondary N) is 1. The van der Waals surface area contributed by atoms with E-state index < -0.39 is 12.1 Å². The Morgan fingerprint density at radius 3 is 2.43 bits per heavy atom. The van der Waals surface area contributed by atoms with Crippen LogP contribution in [0.2, 0.25) is 5.02 Å². The molecule has 1 N–H and O–H groups in total. The lowest BCUT2D eigenvalue weighted by molar-refractivity contribution is -0.149. The van der Waals surface area contributed by atoms with Crippen molar-refractivity contribution in [1.29, 1.82) is 0 Å². The van der Waals surface area contributed by atoms with Gasteiger partial charge in [0.2, 0.25) is 11.8 Å². The van der Waals surface area contributed by atoms with Gasteiger partial charge >= 0.3 is 0 Å². The number of piperazine rings is 1. The van der Waals surface area contributed by atoms with E-state index >= 15 is 0 Å². The van der Waals surface area contributed by atoms with Crippen LogP contribution in [0.25, 0.3) is 0 Å². The lowest BCUT2D eigenvalue weighted by atomic mass is 9.98. The van der Waals surface area contributed by atoms with Gasteiger partial charge in [-0.25, -0.2) is 0 Å². The SMILES string of the molecule is CC(C)CC1NC(=O)C(C)N(Cc2ccc(Cl)cc2)C1=O. The molecule has 1 aliphatic heterocycles. The number of nitrogens with zero attached hydrogens (tertiary/aromatic N) is 1. The second-order valence-corrected chi connectivity index (χ2v) is 6.40. The maximum atomic E-state index is 12.6. The number of benzene rings is 1. The van der Waals surface area contributed by atoms with Gasteiger partial charge in [-0.15, -0.1) is 0 Å². The summed E-state index contributed by atoms with van der Waals surface area (Å²) in [6.45, 7) is 6.27. The fourth-order valence-electron chi connectivity index (χ4n) is 2.52. The van der Waals surface area contributed by atoms with Crippen LogP contribution in [0.1, 0.15) is 32.8 Å². The van der Waals surface area contributed by atoms with E-state index in [2.05, 4.69) is 5.32 Å². The molecular formula is C16H21ClN2O2. The summed E-state index contributed by atoms with van der Waals surface area (Å²) in [5.74, 6) is 0.255. The predicted molar refractivity (Wildman–Crippen MR) is 82.8 cm³/mol. The Labute approximate surface area is 130 Å². The Kier molecular flexibility index (Phi) is 4.88. The lowest BCUT2D eigenvalue weighted by Gasteiger charge is -2.38. The van der Waals surface area contributed by atoms with Gasteiger partial charge in [0.25, 0.3) is 0 Å². The van der Waals surface area contributed by atoms with E-state index in [0.717, 1.165) is 5.56 Å². The molecule has 0 saturated carbocycles. The molecule has 2 unspecified atom stereocenters. The molecular weight excluding hydrogens is 288 g/mol. The summed E-state index contributed by atoms with van der Waals surface area (Å²) in [5.41, 5.74) is 0.970. The highest BCUT2D eigenvalue weighted by atomic mass is 35.5. The van der Waals surface area contributed by atoms with Crippen molar-refractivity contribution in [2.75, 3.05) is 0 Å². The number of carbonyl (C=O) groups excluding carboxylic acids is 2. The Hall–Kier alpha value is -1.55. The van der Waals surface area contributed by atoms with Crippen molar-refractivity contribution in [2.45, 2.75) is 45.8 Å². The number of hydrogen-bond acceptors (Lipinski definition) is 2. The first kappa shape index (κ1) is 15.8. The molecule has 2 atom stereocenters. The molecule has 1 aliphatic rings. The average Bonchev–Trinajstić information content (AvgIpc) is 2.42. The fraction of sp³-hybridized carbons (Fsp3) is 0.500. The summed E-state index contributed by atoms with van der Waals surface area (Å²) in [6.07, 6.45) is 0.661. The molecule has 114 valence electrons. The van der Waals surface area contributed by atoms with Crippen molar-refractivity contribution in [3.8, 4) is 0 Å². The molecule has 4 nitrogen and oxygen atoms in total. The topological polar surface area (TPSA) is 49.4 Å². The zero-order valence-corrected chi connectivity index (χ0v) is 13.4. The van der Waals surface area contributed by atoms with E-state index in [4.69, 9.17) is 11.6 Å². The Bertz CT molecular complexity index is 528. The van der Waals surface area contributed by atoms with Crippen molar-refractivity contribution >= 4 is 23.4 Å². The van der Waals surface area contributed by atoms with Gasteiger partial charge in [0.05, 0.1) is 0 Å². The van der Waals surface area contributed by atoms with Gasteiger partial charge in [-0.2, -0.15) is 0 Å². The van der Waals surface area contributed by atoms with Crippen molar-refractivity contribution in [3.63, 3.8) is 0 Å². The third kappa shape index (κ3) is 3.76. The van der Waals surface area contributed by atoms with Crippen molar-refractivity contribution in [1.82, 2.24) is 10.2 Å². The normalized spacial score (nSPS) is 22.6. The summed E-state index contributed by atoms with van der Waals surface area (Å²) in [4.78, 5) is 26.3. The highest BCUT2D eigenvalue weighted by Gasteiger charge is 2.37. The predicted octanol–water partition coefficient (Wildman–Crippen LogP) is 2.60. The van der Waals surface area contributed by atoms with Crippen LogP contribution in [0.4, 0.5) is 0 Å². The first-order valence-electron chi connectivity index (χ1n) is 7.23. The highest BCUT2D eigenvalue weighted by Crippen LogP contribution is 2.19. The van der Waals surface area contributed by atoms with Crippen molar-refractivity contribution < 1.29 is 9.59 Å². The molecule has 1 fully saturated rings. The molecule has 0 radical (unpaired) electrons. The van der Waals surface area contributed by atoms with E-state index in [9.17, 15) is 9.59 Å². The molecule has 1 aromatic carbocycles. The van der Waals surface area contributed by atoms with E-state index in [1.165, 1.54) is 0 Å². The van der Waals surface area contributed by atoms with E-state index in [0.29, 0.717) is 23.9 Å².